The van der Waals surface area contributed by atoms with Crippen LogP contribution in [-0.4, -0.2) is 15.3 Å². The molecule has 0 aliphatic carbocycles. The molecule has 0 spiro atoms. The molecule has 62 valence electrons. The highest BCUT2D eigenvalue weighted by molar-refractivity contribution is 7.80. The van der Waals surface area contributed by atoms with Crippen LogP contribution in [0.15, 0.2) is 6.33 Å². The van der Waals surface area contributed by atoms with Gasteiger partial charge < -0.3 is 4.57 Å². The summed E-state index contributed by atoms with van der Waals surface area (Å²) in [6, 6.07) is 0. The summed E-state index contributed by atoms with van der Waals surface area (Å²) in [5.41, 5.74) is 2.40. The number of imidazole rings is 1. The van der Waals surface area contributed by atoms with E-state index in [1.54, 1.807) is 0 Å². The average Bonchev–Trinajstić information content (AvgIpc) is 2.31. The van der Waals surface area contributed by atoms with Crippen molar-refractivity contribution in [2.45, 2.75) is 26.8 Å². The van der Waals surface area contributed by atoms with Gasteiger partial charge in [-0.15, -0.1) is 0 Å². The highest BCUT2D eigenvalue weighted by Gasteiger charge is 1.99. The summed E-state index contributed by atoms with van der Waals surface area (Å²) < 4.78 is 2.17. The van der Waals surface area contributed by atoms with E-state index in [0.717, 1.165) is 24.4 Å². The van der Waals surface area contributed by atoms with E-state index >= 15 is 0 Å². The standard InChI is InChI=1S/C8H14N2S/c1-7-8(2)10(6-9-7)4-3-5-11/h6,11H,3-5H2,1-2H3. The third-order valence-corrected chi connectivity index (χ3v) is 2.22. The van der Waals surface area contributed by atoms with Crippen LogP contribution in [-0.2, 0) is 6.54 Å². The van der Waals surface area contributed by atoms with E-state index in [-0.39, 0.29) is 0 Å². The maximum absolute atomic E-state index is 4.21. The first-order valence-electron chi connectivity index (χ1n) is 3.85. The zero-order valence-corrected chi connectivity index (χ0v) is 7.93. The zero-order valence-electron chi connectivity index (χ0n) is 7.04. The molecule has 0 radical (unpaired) electrons. The van der Waals surface area contributed by atoms with Crippen molar-refractivity contribution in [1.29, 1.82) is 0 Å². The first kappa shape index (κ1) is 8.65. The summed E-state index contributed by atoms with van der Waals surface area (Å²) in [7, 11) is 0. The number of hydrogen-bond acceptors (Lipinski definition) is 2. The Kier molecular flexibility index (Phi) is 3.00. The fraction of sp³-hybridized carbons (Fsp3) is 0.625. The van der Waals surface area contributed by atoms with Crippen LogP contribution in [0.4, 0.5) is 0 Å². The molecule has 1 rings (SSSR count). The van der Waals surface area contributed by atoms with Crippen molar-refractivity contribution in [3.05, 3.63) is 17.7 Å². The molecule has 0 fully saturated rings. The molecule has 0 atom stereocenters. The SMILES string of the molecule is Cc1ncn(CCCS)c1C. The Labute approximate surface area is 73.0 Å². The molecular formula is C8H14N2S. The molecule has 11 heavy (non-hydrogen) atoms. The Balaban J connectivity index is 2.63. The normalized spacial score (nSPS) is 10.5. The number of aromatic nitrogens is 2. The van der Waals surface area contributed by atoms with Gasteiger partial charge in [-0.2, -0.15) is 12.6 Å². The Morgan fingerprint density at radius 1 is 1.55 bits per heavy atom. The summed E-state index contributed by atoms with van der Waals surface area (Å²) in [5, 5.41) is 0. The smallest absolute Gasteiger partial charge is 0.0951 e. The Morgan fingerprint density at radius 3 is 2.73 bits per heavy atom. The van der Waals surface area contributed by atoms with Gasteiger partial charge in [0.1, 0.15) is 0 Å². The monoisotopic (exact) mass is 170 g/mol. The number of rotatable bonds is 3. The summed E-state index contributed by atoms with van der Waals surface area (Å²) >= 11 is 4.16. The third-order valence-electron chi connectivity index (χ3n) is 1.90. The van der Waals surface area contributed by atoms with Crippen LogP contribution in [0.25, 0.3) is 0 Å². The molecule has 1 aromatic rings. The quantitative estimate of drug-likeness (QED) is 0.685. The topological polar surface area (TPSA) is 17.8 Å². The van der Waals surface area contributed by atoms with Gasteiger partial charge in [-0.3, -0.25) is 0 Å². The molecule has 0 aromatic carbocycles. The number of aryl methyl sites for hydroxylation is 2. The lowest BCUT2D eigenvalue weighted by atomic mass is 10.3. The molecule has 2 nitrogen and oxygen atoms in total. The number of hydrogen-bond donors (Lipinski definition) is 1. The largest absolute Gasteiger partial charge is 0.335 e. The molecule has 0 unspecified atom stereocenters. The first-order valence-corrected chi connectivity index (χ1v) is 4.48. The van der Waals surface area contributed by atoms with Gasteiger partial charge in [0, 0.05) is 12.2 Å². The highest BCUT2D eigenvalue weighted by atomic mass is 32.1. The zero-order chi connectivity index (χ0) is 8.27. The van der Waals surface area contributed by atoms with E-state index in [1.165, 1.54) is 5.69 Å². The van der Waals surface area contributed by atoms with E-state index in [1.807, 2.05) is 13.3 Å². The van der Waals surface area contributed by atoms with Crippen molar-refractivity contribution >= 4 is 12.6 Å². The number of nitrogens with zero attached hydrogens (tertiary/aromatic N) is 2. The van der Waals surface area contributed by atoms with Gasteiger partial charge in [-0.1, -0.05) is 0 Å². The molecule has 0 bridgehead atoms. The van der Waals surface area contributed by atoms with Crippen LogP contribution in [0, 0.1) is 13.8 Å². The van der Waals surface area contributed by atoms with Crippen molar-refractivity contribution in [3.8, 4) is 0 Å². The summed E-state index contributed by atoms with van der Waals surface area (Å²) in [6.07, 6.45) is 3.01. The van der Waals surface area contributed by atoms with Gasteiger partial charge in [-0.05, 0) is 26.0 Å². The van der Waals surface area contributed by atoms with Crippen molar-refractivity contribution in [2.24, 2.45) is 0 Å². The fourth-order valence-electron chi connectivity index (χ4n) is 1.01. The van der Waals surface area contributed by atoms with Gasteiger partial charge in [0.15, 0.2) is 0 Å². The minimum Gasteiger partial charge on any atom is -0.335 e. The van der Waals surface area contributed by atoms with E-state index in [4.69, 9.17) is 0 Å². The molecule has 0 N–H and O–H groups in total. The van der Waals surface area contributed by atoms with Crippen LogP contribution in [0.3, 0.4) is 0 Å². The minimum atomic E-state index is 0.941. The molecule has 1 heterocycles. The van der Waals surface area contributed by atoms with E-state index in [0.29, 0.717) is 0 Å². The summed E-state index contributed by atoms with van der Waals surface area (Å²) in [6.45, 7) is 5.17. The second-order valence-electron chi connectivity index (χ2n) is 2.69. The first-order chi connectivity index (χ1) is 5.25. The lowest BCUT2D eigenvalue weighted by molar-refractivity contribution is 0.666. The minimum absolute atomic E-state index is 0.941. The van der Waals surface area contributed by atoms with Crippen LogP contribution in [0.5, 0.6) is 0 Å². The maximum atomic E-state index is 4.21. The van der Waals surface area contributed by atoms with Crippen LogP contribution >= 0.6 is 12.6 Å². The van der Waals surface area contributed by atoms with Gasteiger partial charge >= 0.3 is 0 Å². The van der Waals surface area contributed by atoms with Gasteiger partial charge in [-0.25, -0.2) is 4.98 Å². The molecule has 1 aromatic heterocycles. The lowest BCUT2D eigenvalue weighted by Crippen LogP contribution is -1.99. The van der Waals surface area contributed by atoms with E-state index < -0.39 is 0 Å². The lowest BCUT2D eigenvalue weighted by Gasteiger charge is -2.02. The molecule has 0 aliphatic rings. The Hall–Kier alpha value is -0.440. The second kappa shape index (κ2) is 3.81. The fourth-order valence-corrected chi connectivity index (χ4v) is 1.15. The predicted molar refractivity (Wildman–Crippen MR) is 50.2 cm³/mol. The molecule has 0 aliphatic heterocycles. The van der Waals surface area contributed by atoms with Crippen molar-refractivity contribution < 1.29 is 0 Å². The Bertz CT molecular complexity index is 230. The van der Waals surface area contributed by atoms with Crippen molar-refractivity contribution in [1.82, 2.24) is 9.55 Å². The molecule has 0 saturated heterocycles. The van der Waals surface area contributed by atoms with E-state index in [2.05, 4.69) is 29.1 Å². The average molecular weight is 170 g/mol. The van der Waals surface area contributed by atoms with Crippen LogP contribution < -0.4 is 0 Å². The van der Waals surface area contributed by atoms with Gasteiger partial charge in [0.2, 0.25) is 0 Å². The Morgan fingerprint density at radius 2 is 2.27 bits per heavy atom. The van der Waals surface area contributed by atoms with Gasteiger partial charge in [0.05, 0.1) is 12.0 Å². The highest BCUT2D eigenvalue weighted by Crippen LogP contribution is 2.04. The molecule has 3 heteroatoms. The van der Waals surface area contributed by atoms with E-state index in [9.17, 15) is 0 Å². The van der Waals surface area contributed by atoms with Crippen molar-refractivity contribution in [2.75, 3.05) is 5.75 Å². The number of thiol groups is 1. The third kappa shape index (κ3) is 1.99. The van der Waals surface area contributed by atoms with Gasteiger partial charge in [0.25, 0.3) is 0 Å². The summed E-state index contributed by atoms with van der Waals surface area (Å²) in [4.78, 5) is 4.21. The second-order valence-corrected chi connectivity index (χ2v) is 3.13. The van der Waals surface area contributed by atoms with Crippen LogP contribution in [0.1, 0.15) is 17.8 Å². The predicted octanol–water partition coefficient (Wildman–Crippen LogP) is 1.82. The van der Waals surface area contributed by atoms with Crippen molar-refractivity contribution in [3.63, 3.8) is 0 Å². The molecule has 0 saturated carbocycles. The maximum Gasteiger partial charge on any atom is 0.0951 e. The summed E-state index contributed by atoms with van der Waals surface area (Å²) in [5.74, 6) is 0.941. The molecular weight excluding hydrogens is 156 g/mol. The van der Waals surface area contributed by atoms with Crippen LogP contribution in [0.2, 0.25) is 0 Å². The molecule has 0 amide bonds.